The summed E-state index contributed by atoms with van der Waals surface area (Å²) >= 11 is 0. The molecule has 0 aromatic rings. The number of methoxy groups -OCH3 is 1. The number of amides is 1. The molecule has 1 atom stereocenters. The summed E-state index contributed by atoms with van der Waals surface area (Å²) < 4.78 is 4.80. The summed E-state index contributed by atoms with van der Waals surface area (Å²) in [4.78, 5) is 28.4. The molecule has 134 valence electrons. The van der Waals surface area contributed by atoms with Crippen LogP contribution in [0.3, 0.4) is 0 Å². The quantitative estimate of drug-likeness (QED) is 0.611. The van der Waals surface area contributed by atoms with Crippen LogP contribution in [-0.4, -0.2) is 62.5 Å². The van der Waals surface area contributed by atoms with E-state index in [1.54, 1.807) is 0 Å². The molecule has 1 rings (SSSR count). The van der Waals surface area contributed by atoms with Crippen LogP contribution < -0.4 is 0 Å². The third-order valence-corrected chi connectivity index (χ3v) is 4.67. The maximum absolute atomic E-state index is 12.7. The number of rotatable bonds is 9. The van der Waals surface area contributed by atoms with Crippen LogP contribution in [0.1, 0.15) is 51.9 Å². The molecule has 1 fully saturated rings. The normalized spacial score (nSPS) is 17.1. The van der Waals surface area contributed by atoms with Gasteiger partial charge in [-0.2, -0.15) is 0 Å². The summed E-state index contributed by atoms with van der Waals surface area (Å²) in [7, 11) is 5.47. The Morgan fingerprint density at radius 3 is 2.35 bits per heavy atom. The minimum Gasteiger partial charge on any atom is -0.469 e. The monoisotopic (exact) mass is 326 g/mol. The van der Waals surface area contributed by atoms with Crippen molar-refractivity contribution in [2.75, 3.05) is 40.8 Å². The fourth-order valence-corrected chi connectivity index (χ4v) is 3.27. The lowest BCUT2D eigenvalue weighted by Crippen LogP contribution is -2.39. The van der Waals surface area contributed by atoms with Gasteiger partial charge in [-0.1, -0.05) is 26.2 Å². The standard InChI is InChI=1S/C18H34N2O3/c1-15(18(22)23-4)14-20(12-8-11-19(2)3)17(21)13-16-9-6-5-7-10-16/h15-16H,5-14H2,1-4H3. The van der Waals surface area contributed by atoms with Crippen LogP contribution in [0, 0.1) is 11.8 Å². The lowest BCUT2D eigenvalue weighted by molar-refractivity contribution is -0.146. The highest BCUT2D eigenvalue weighted by Gasteiger charge is 2.24. The minimum absolute atomic E-state index is 0.200. The number of ether oxygens (including phenoxy) is 1. The first-order chi connectivity index (χ1) is 10.9. The first-order valence-corrected chi connectivity index (χ1v) is 8.94. The van der Waals surface area contributed by atoms with Crippen molar-refractivity contribution in [3.8, 4) is 0 Å². The van der Waals surface area contributed by atoms with Gasteiger partial charge in [-0.05, 0) is 45.8 Å². The first-order valence-electron chi connectivity index (χ1n) is 8.94. The Morgan fingerprint density at radius 1 is 1.13 bits per heavy atom. The van der Waals surface area contributed by atoms with Crippen molar-refractivity contribution in [3.63, 3.8) is 0 Å². The van der Waals surface area contributed by atoms with Crippen molar-refractivity contribution in [1.29, 1.82) is 0 Å². The fourth-order valence-electron chi connectivity index (χ4n) is 3.27. The smallest absolute Gasteiger partial charge is 0.310 e. The Balaban J connectivity index is 2.56. The van der Waals surface area contributed by atoms with Crippen LogP contribution in [0.4, 0.5) is 0 Å². The molecule has 0 bridgehead atoms. The second-order valence-electron chi connectivity index (χ2n) is 7.13. The van der Waals surface area contributed by atoms with Gasteiger partial charge in [-0.15, -0.1) is 0 Å². The molecule has 0 aliphatic heterocycles. The summed E-state index contributed by atoms with van der Waals surface area (Å²) in [5, 5.41) is 0. The van der Waals surface area contributed by atoms with Crippen LogP contribution in [0.5, 0.6) is 0 Å². The molecule has 0 spiro atoms. The van der Waals surface area contributed by atoms with E-state index in [4.69, 9.17) is 4.74 Å². The molecule has 1 aliphatic carbocycles. The number of carbonyl (C=O) groups excluding carboxylic acids is 2. The molecule has 0 heterocycles. The molecule has 1 amide bonds. The van der Waals surface area contributed by atoms with Crippen molar-refractivity contribution in [2.24, 2.45) is 11.8 Å². The SMILES string of the molecule is COC(=O)C(C)CN(CCCN(C)C)C(=O)CC1CCCCC1. The Labute approximate surface area is 141 Å². The van der Waals surface area contributed by atoms with Gasteiger partial charge in [0.05, 0.1) is 13.0 Å². The highest BCUT2D eigenvalue weighted by molar-refractivity contribution is 5.78. The summed E-state index contributed by atoms with van der Waals surface area (Å²) in [6.45, 7) is 3.95. The van der Waals surface area contributed by atoms with Crippen molar-refractivity contribution < 1.29 is 14.3 Å². The molecule has 1 unspecified atom stereocenters. The molecule has 0 radical (unpaired) electrons. The number of hydrogen-bond donors (Lipinski definition) is 0. The Kier molecular flexibility index (Phi) is 9.22. The van der Waals surface area contributed by atoms with E-state index in [0.29, 0.717) is 25.4 Å². The maximum atomic E-state index is 12.7. The first kappa shape index (κ1) is 19.9. The maximum Gasteiger partial charge on any atom is 0.310 e. The van der Waals surface area contributed by atoms with E-state index in [-0.39, 0.29) is 17.8 Å². The van der Waals surface area contributed by atoms with E-state index in [2.05, 4.69) is 4.90 Å². The van der Waals surface area contributed by atoms with Crippen LogP contribution in [-0.2, 0) is 14.3 Å². The topological polar surface area (TPSA) is 49.9 Å². The molecule has 5 nitrogen and oxygen atoms in total. The zero-order valence-electron chi connectivity index (χ0n) is 15.3. The molecule has 1 aliphatic rings. The van der Waals surface area contributed by atoms with E-state index >= 15 is 0 Å². The average Bonchev–Trinajstić information content (AvgIpc) is 2.53. The lowest BCUT2D eigenvalue weighted by atomic mass is 9.86. The van der Waals surface area contributed by atoms with Crippen molar-refractivity contribution in [3.05, 3.63) is 0 Å². The van der Waals surface area contributed by atoms with Gasteiger partial charge in [0.25, 0.3) is 0 Å². The average molecular weight is 326 g/mol. The Bertz CT molecular complexity index is 365. The lowest BCUT2D eigenvalue weighted by Gasteiger charge is -2.28. The third-order valence-electron chi connectivity index (χ3n) is 4.67. The molecule has 0 saturated heterocycles. The minimum atomic E-state index is -0.269. The summed E-state index contributed by atoms with van der Waals surface area (Å²) in [5.74, 6) is 0.218. The van der Waals surface area contributed by atoms with Gasteiger partial charge in [0, 0.05) is 19.5 Å². The second kappa shape index (κ2) is 10.6. The zero-order valence-corrected chi connectivity index (χ0v) is 15.3. The predicted octanol–water partition coefficient (Wildman–Crippen LogP) is 2.55. The van der Waals surface area contributed by atoms with Crippen molar-refractivity contribution in [2.45, 2.75) is 51.9 Å². The summed E-state index contributed by atoms with van der Waals surface area (Å²) in [6.07, 6.45) is 7.70. The fraction of sp³-hybridized carbons (Fsp3) is 0.889. The molecule has 0 aromatic carbocycles. The van der Waals surface area contributed by atoms with Gasteiger partial charge in [0.1, 0.15) is 0 Å². The van der Waals surface area contributed by atoms with E-state index in [9.17, 15) is 9.59 Å². The van der Waals surface area contributed by atoms with Gasteiger partial charge in [0.2, 0.25) is 5.91 Å². The predicted molar refractivity (Wildman–Crippen MR) is 92.1 cm³/mol. The van der Waals surface area contributed by atoms with Gasteiger partial charge in [-0.25, -0.2) is 0 Å². The molecular weight excluding hydrogens is 292 g/mol. The van der Waals surface area contributed by atoms with Crippen molar-refractivity contribution >= 4 is 11.9 Å². The molecule has 1 saturated carbocycles. The number of esters is 1. The third kappa shape index (κ3) is 7.82. The molecule has 5 heteroatoms. The summed E-state index contributed by atoms with van der Waals surface area (Å²) in [6, 6.07) is 0. The van der Waals surface area contributed by atoms with Gasteiger partial charge < -0.3 is 14.5 Å². The number of nitrogens with zero attached hydrogens (tertiary/aromatic N) is 2. The zero-order chi connectivity index (χ0) is 17.2. The number of carbonyl (C=O) groups is 2. The van der Waals surface area contributed by atoms with E-state index in [1.807, 2.05) is 25.9 Å². The molecular formula is C18H34N2O3. The van der Waals surface area contributed by atoms with E-state index in [0.717, 1.165) is 13.0 Å². The van der Waals surface area contributed by atoms with Crippen molar-refractivity contribution in [1.82, 2.24) is 9.80 Å². The van der Waals surface area contributed by atoms with E-state index < -0.39 is 0 Å². The van der Waals surface area contributed by atoms with Gasteiger partial charge in [0.15, 0.2) is 0 Å². The van der Waals surface area contributed by atoms with Crippen LogP contribution >= 0.6 is 0 Å². The van der Waals surface area contributed by atoms with E-state index in [1.165, 1.54) is 39.2 Å². The van der Waals surface area contributed by atoms with Gasteiger partial charge >= 0.3 is 5.97 Å². The highest BCUT2D eigenvalue weighted by Crippen LogP contribution is 2.27. The molecule has 0 aromatic heterocycles. The molecule has 23 heavy (non-hydrogen) atoms. The Hall–Kier alpha value is -1.10. The largest absolute Gasteiger partial charge is 0.469 e. The van der Waals surface area contributed by atoms with Gasteiger partial charge in [-0.3, -0.25) is 9.59 Å². The van der Waals surface area contributed by atoms with Crippen LogP contribution in [0.15, 0.2) is 0 Å². The van der Waals surface area contributed by atoms with Crippen LogP contribution in [0.25, 0.3) is 0 Å². The Morgan fingerprint density at radius 2 is 1.78 bits per heavy atom. The van der Waals surface area contributed by atoms with Crippen LogP contribution in [0.2, 0.25) is 0 Å². The second-order valence-corrected chi connectivity index (χ2v) is 7.13. The summed E-state index contributed by atoms with van der Waals surface area (Å²) in [5.41, 5.74) is 0. The highest BCUT2D eigenvalue weighted by atomic mass is 16.5. The number of hydrogen-bond acceptors (Lipinski definition) is 4. The molecule has 0 N–H and O–H groups in total.